The number of hydrogen-bond donors (Lipinski definition) is 2. The van der Waals surface area contributed by atoms with Crippen molar-refractivity contribution in [3.05, 3.63) is 45.4 Å². The molecular weight excluding hydrogens is 459 g/mol. The summed E-state index contributed by atoms with van der Waals surface area (Å²) < 4.78 is 5.82. The number of aliphatic imine (C=N–C) groups is 1. The molecule has 1 unspecified atom stereocenters. The summed E-state index contributed by atoms with van der Waals surface area (Å²) in [5.41, 5.74) is 0. The van der Waals surface area contributed by atoms with Gasteiger partial charge in [-0.1, -0.05) is 17.7 Å². The van der Waals surface area contributed by atoms with Gasteiger partial charge in [-0.25, -0.2) is 4.98 Å². The van der Waals surface area contributed by atoms with Crippen molar-refractivity contribution in [1.82, 2.24) is 15.6 Å². The van der Waals surface area contributed by atoms with E-state index in [4.69, 9.17) is 16.3 Å². The lowest BCUT2D eigenvalue weighted by Gasteiger charge is -2.17. The number of rotatable bonds is 6. The van der Waals surface area contributed by atoms with Crippen LogP contribution in [0.3, 0.4) is 0 Å². The molecule has 1 heterocycles. The fourth-order valence-corrected chi connectivity index (χ4v) is 2.82. The van der Waals surface area contributed by atoms with Crippen LogP contribution < -0.4 is 15.4 Å². The van der Waals surface area contributed by atoms with Gasteiger partial charge in [-0.2, -0.15) is 0 Å². The van der Waals surface area contributed by atoms with Gasteiger partial charge in [-0.05, 0) is 32.0 Å². The van der Waals surface area contributed by atoms with E-state index < -0.39 is 0 Å². The van der Waals surface area contributed by atoms with Crippen LogP contribution in [0.4, 0.5) is 0 Å². The molecule has 0 saturated heterocycles. The zero-order valence-electron chi connectivity index (χ0n) is 13.9. The van der Waals surface area contributed by atoms with Crippen molar-refractivity contribution in [2.45, 2.75) is 26.5 Å². The molecular formula is C16H22ClIN4OS. The van der Waals surface area contributed by atoms with Crippen molar-refractivity contribution in [1.29, 1.82) is 0 Å². The van der Waals surface area contributed by atoms with E-state index >= 15 is 0 Å². The summed E-state index contributed by atoms with van der Waals surface area (Å²) in [7, 11) is 1.74. The van der Waals surface area contributed by atoms with Crippen molar-refractivity contribution < 1.29 is 4.74 Å². The highest BCUT2D eigenvalue weighted by atomic mass is 127. The summed E-state index contributed by atoms with van der Waals surface area (Å²) in [5, 5.41) is 8.18. The number of halogens is 2. The maximum Gasteiger partial charge on any atom is 0.191 e. The molecule has 1 aromatic heterocycles. The highest BCUT2D eigenvalue weighted by Crippen LogP contribution is 2.18. The number of nitrogens with one attached hydrogen (secondary N) is 2. The largest absolute Gasteiger partial charge is 0.489 e. The molecule has 0 bridgehead atoms. The number of ether oxygens (including phenoxy) is 1. The summed E-state index contributed by atoms with van der Waals surface area (Å²) >= 11 is 7.62. The first-order valence-electron chi connectivity index (χ1n) is 7.35. The SMILES string of the molecule is CN=C(NCc1ncc(C)s1)NCC(C)Oc1cccc(Cl)c1.I. The van der Waals surface area contributed by atoms with E-state index in [0.717, 1.165) is 16.7 Å². The quantitative estimate of drug-likeness (QED) is 0.375. The molecule has 0 aliphatic rings. The van der Waals surface area contributed by atoms with E-state index in [0.29, 0.717) is 18.1 Å². The molecule has 8 heteroatoms. The molecule has 132 valence electrons. The second-order valence-electron chi connectivity index (χ2n) is 5.06. The van der Waals surface area contributed by atoms with Gasteiger partial charge in [-0.3, -0.25) is 4.99 Å². The van der Waals surface area contributed by atoms with Crippen LogP contribution in [0.5, 0.6) is 5.75 Å². The number of guanidine groups is 1. The van der Waals surface area contributed by atoms with Crippen molar-refractivity contribution in [3.63, 3.8) is 0 Å². The van der Waals surface area contributed by atoms with E-state index in [1.165, 1.54) is 4.88 Å². The van der Waals surface area contributed by atoms with Gasteiger partial charge in [0, 0.05) is 23.1 Å². The monoisotopic (exact) mass is 480 g/mol. The van der Waals surface area contributed by atoms with Crippen molar-refractivity contribution in [3.8, 4) is 5.75 Å². The summed E-state index contributed by atoms with van der Waals surface area (Å²) in [6, 6.07) is 7.38. The minimum absolute atomic E-state index is 0. The lowest BCUT2D eigenvalue weighted by Crippen LogP contribution is -2.41. The first-order chi connectivity index (χ1) is 11.1. The number of benzene rings is 1. The molecule has 2 aromatic rings. The lowest BCUT2D eigenvalue weighted by atomic mass is 10.3. The smallest absolute Gasteiger partial charge is 0.191 e. The van der Waals surface area contributed by atoms with Gasteiger partial charge in [0.2, 0.25) is 0 Å². The lowest BCUT2D eigenvalue weighted by molar-refractivity contribution is 0.224. The molecule has 0 fully saturated rings. The standard InChI is InChI=1S/C16H21ClN4OS.HI/c1-11(22-14-6-4-5-13(17)7-14)8-20-16(18-3)21-10-15-19-9-12(2)23-15;/h4-7,9,11H,8,10H2,1-3H3,(H2,18,20,21);1H. The van der Waals surface area contributed by atoms with E-state index in [9.17, 15) is 0 Å². The van der Waals surface area contributed by atoms with Crippen LogP contribution in [-0.4, -0.2) is 30.6 Å². The predicted molar refractivity (Wildman–Crippen MR) is 112 cm³/mol. The molecule has 0 radical (unpaired) electrons. The van der Waals surface area contributed by atoms with Crippen molar-refractivity contribution in [2.24, 2.45) is 4.99 Å². The van der Waals surface area contributed by atoms with Crippen LogP contribution >= 0.6 is 46.9 Å². The summed E-state index contributed by atoms with van der Waals surface area (Å²) in [6.45, 7) is 5.32. The van der Waals surface area contributed by atoms with Crippen molar-refractivity contribution in [2.75, 3.05) is 13.6 Å². The predicted octanol–water partition coefficient (Wildman–Crippen LogP) is 3.86. The van der Waals surface area contributed by atoms with Crippen LogP contribution in [-0.2, 0) is 6.54 Å². The Bertz CT molecular complexity index is 665. The van der Waals surface area contributed by atoms with Crippen LogP contribution in [0, 0.1) is 6.92 Å². The number of thiazole rings is 1. The van der Waals surface area contributed by atoms with Gasteiger partial charge in [0.25, 0.3) is 0 Å². The molecule has 1 aromatic carbocycles. The summed E-state index contributed by atoms with van der Waals surface area (Å²) in [5.74, 6) is 1.48. The zero-order chi connectivity index (χ0) is 16.7. The third kappa shape index (κ3) is 7.23. The fourth-order valence-electron chi connectivity index (χ4n) is 1.92. The number of hydrogen-bond acceptors (Lipinski definition) is 4. The summed E-state index contributed by atoms with van der Waals surface area (Å²) in [4.78, 5) is 9.72. The van der Waals surface area contributed by atoms with Crippen molar-refractivity contribution >= 4 is 52.9 Å². The van der Waals surface area contributed by atoms with Gasteiger partial charge in [-0.15, -0.1) is 35.3 Å². The highest BCUT2D eigenvalue weighted by Gasteiger charge is 2.07. The molecule has 0 aliphatic heterocycles. The van der Waals surface area contributed by atoms with E-state index in [1.807, 2.05) is 38.2 Å². The second-order valence-corrected chi connectivity index (χ2v) is 6.81. The molecule has 0 aliphatic carbocycles. The zero-order valence-corrected chi connectivity index (χ0v) is 17.8. The molecule has 2 rings (SSSR count). The van der Waals surface area contributed by atoms with Gasteiger partial charge in [0.1, 0.15) is 16.9 Å². The highest BCUT2D eigenvalue weighted by molar-refractivity contribution is 14.0. The van der Waals surface area contributed by atoms with Gasteiger partial charge < -0.3 is 15.4 Å². The molecule has 24 heavy (non-hydrogen) atoms. The molecule has 0 amide bonds. The molecule has 2 N–H and O–H groups in total. The van der Waals surface area contributed by atoms with Crippen LogP contribution in [0.1, 0.15) is 16.8 Å². The molecule has 5 nitrogen and oxygen atoms in total. The van der Waals surface area contributed by atoms with Gasteiger partial charge >= 0.3 is 0 Å². The Morgan fingerprint density at radius 2 is 2.21 bits per heavy atom. The number of aryl methyl sites for hydroxylation is 1. The number of aromatic nitrogens is 1. The summed E-state index contributed by atoms with van der Waals surface area (Å²) in [6.07, 6.45) is 1.85. The average molecular weight is 481 g/mol. The Morgan fingerprint density at radius 3 is 2.83 bits per heavy atom. The maximum atomic E-state index is 5.95. The Labute approximate surface area is 168 Å². The van der Waals surface area contributed by atoms with Gasteiger partial charge in [0.05, 0.1) is 13.1 Å². The van der Waals surface area contributed by atoms with Crippen LogP contribution in [0.2, 0.25) is 5.02 Å². The molecule has 0 spiro atoms. The Morgan fingerprint density at radius 1 is 1.42 bits per heavy atom. The third-order valence-electron chi connectivity index (χ3n) is 2.99. The second kappa shape index (κ2) is 10.7. The first-order valence-corrected chi connectivity index (χ1v) is 8.54. The average Bonchev–Trinajstić information content (AvgIpc) is 2.93. The third-order valence-corrected chi connectivity index (χ3v) is 4.14. The van der Waals surface area contributed by atoms with E-state index in [2.05, 4.69) is 20.6 Å². The van der Waals surface area contributed by atoms with Crippen LogP contribution in [0.15, 0.2) is 35.5 Å². The number of nitrogens with zero attached hydrogens (tertiary/aromatic N) is 2. The molecule has 0 saturated carbocycles. The Kier molecular flexibility index (Phi) is 9.38. The van der Waals surface area contributed by atoms with E-state index in [1.54, 1.807) is 24.5 Å². The normalized spacial score (nSPS) is 12.2. The first kappa shape index (κ1) is 21.0. The minimum atomic E-state index is -0.0193. The fraction of sp³-hybridized carbons (Fsp3) is 0.375. The van der Waals surface area contributed by atoms with E-state index in [-0.39, 0.29) is 30.1 Å². The Hall–Kier alpha value is -1.06. The minimum Gasteiger partial charge on any atom is -0.489 e. The Balaban J connectivity index is 0.00000288. The van der Waals surface area contributed by atoms with Gasteiger partial charge in [0.15, 0.2) is 5.96 Å². The topological polar surface area (TPSA) is 58.5 Å². The van der Waals surface area contributed by atoms with Crippen LogP contribution in [0.25, 0.3) is 0 Å². The molecule has 1 atom stereocenters. The maximum absolute atomic E-state index is 5.95.